The third kappa shape index (κ3) is 4.72. The largest absolute Gasteiger partial charge is 0.486 e. The van der Waals surface area contributed by atoms with Crippen molar-refractivity contribution in [3.05, 3.63) is 30.3 Å². The van der Waals surface area contributed by atoms with Crippen LogP contribution in [0.2, 0.25) is 0 Å². The molecule has 1 heterocycles. The third-order valence-electron chi connectivity index (χ3n) is 4.70. The topological polar surface area (TPSA) is 89.5 Å². The SMILES string of the molecule is C[C@@H]1OC(=O)[C@@H]([NH3+])CCC[C@H](Oc2ccccc2)[C@H]1OC(=O)C1CC1. The van der Waals surface area contributed by atoms with Gasteiger partial charge >= 0.3 is 11.9 Å². The number of cyclic esters (lactones) is 1. The fourth-order valence-electron chi connectivity index (χ4n) is 3.02. The van der Waals surface area contributed by atoms with E-state index in [1.807, 2.05) is 30.3 Å². The van der Waals surface area contributed by atoms with Gasteiger partial charge in [-0.2, -0.15) is 0 Å². The van der Waals surface area contributed by atoms with Gasteiger partial charge in [0.05, 0.1) is 5.92 Å². The maximum Gasteiger partial charge on any atom is 0.365 e. The van der Waals surface area contributed by atoms with E-state index in [0.717, 1.165) is 19.3 Å². The number of carbonyl (C=O) groups excluding carboxylic acids is 2. The van der Waals surface area contributed by atoms with Crippen molar-refractivity contribution in [1.82, 2.24) is 0 Å². The van der Waals surface area contributed by atoms with Gasteiger partial charge in [0, 0.05) is 6.42 Å². The Hall–Kier alpha value is -2.08. The van der Waals surface area contributed by atoms with Crippen LogP contribution in [0, 0.1) is 5.92 Å². The fourth-order valence-corrected chi connectivity index (χ4v) is 3.02. The average molecular weight is 348 g/mol. The lowest BCUT2D eigenvalue weighted by molar-refractivity contribution is -0.410. The zero-order valence-electron chi connectivity index (χ0n) is 14.6. The Balaban J connectivity index is 1.79. The highest BCUT2D eigenvalue weighted by atomic mass is 16.6. The van der Waals surface area contributed by atoms with Crippen LogP contribution in [0.4, 0.5) is 0 Å². The van der Waals surface area contributed by atoms with Crippen LogP contribution in [0.3, 0.4) is 0 Å². The molecule has 1 aromatic carbocycles. The van der Waals surface area contributed by atoms with Gasteiger partial charge in [0.25, 0.3) is 0 Å². The van der Waals surface area contributed by atoms with Crippen LogP contribution in [0.15, 0.2) is 30.3 Å². The molecule has 6 heteroatoms. The van der Waals surface area contributed by atoms with Gasteiger partial charge in [-0.05, 0) is 44.7 Å². The number of ether oxygens (including phenoxy) is 3. The third-order valence-corrected chi connectivity index (χ3v) is 4.70. The Kier molecular flexibility index (Phi) is 5.58. The Morgan fingerprint density at radius 3 is 2.56 bits per heavy atom. The first kappa shape index (κ1) is 17.7. The van der Waals surface area contributed by atoms with Crippen LogP contribution < -0.4 is 10.5 Å². The summed E-state index contributed by atoms with van der Waals surface area (Å²) >= 11 is 0. The Labute approximate surface area is 147 Å². The summed E-state index contributed by atoms with van der Waals surface area (Å²) in [5.74, 6) is 0.123. The van der Waals surface area contributed by atoms with Gasteiger partial charge < -0.3 is 19.9 Å². The number of benzene rings is 1. The average Bonchev–Trinajstić information content (AvgIpc) is 3.43. The second-order valence-electron chi connectivity index (χ2n) is 6.91. The molecule has 1 saturated carbocycles. The van der Waals surface area contributed by atoms with E-state index < -0.39 is 18.2 Å². The molecule has 2 aliphatic rings. The minimum Gasteiger partial charge on any atom is -0.486 e. The number of hydrogen-bond acceptors (Lipinski definition) is 5. The van der Waals surface area contributed by atoms with Crippen LogP contribution in [0.1, 0.15) is 39.0 Å². The number of quaternary nitrogens is 1. The molecular formula is C19H26NO5+. The number of carbonyl (C=O) groups is 2. The van der Waals surface area contributed by atoms with Gasteiger partial charge in [0.15, 0.2) is 12.1 Å². The van der Waals surface area contributed by atoms with Crippen molar-refractivity contribution in [2.45, 2.75) is 63.4 Å². The van der Waals surface area contributed by atoms with E-state index in [2.05, 4.69) is 5.73 Å². The van der Waals surface area contributed by atoms with E-state index in [1.165, 1.54) is 0 Å². The summed E-state index contributed by atoms with van der Waals surface area (Å²) < 4.78 is 17.3. The molecule has 3 N–H and O–H groups in total. The van der Waals surface area contributed by atoms with Gasteiger partial charge in [-0.3, -0.25) is 4.79 Å². The molecule has 1 aromatic rings. The van der Waals surface area contributed by atoms with Gasteiger partial charge in [0.1, 0.15) is 18.0 Å². The first-order valence-electron chi connectivity index (χ1n) is 9.00. The van der Waals surface area contributed by atoms with E-state index in [1.54, 1.807) is 6.92 Å². The Morgan fingerprint density at radius 1 is 1.16 bits per heavy atom. The molecule has 0 radical (unpaired) electrons. The van der Waals surface area contributed by atoms with Crippen LogP contribution in [-0.2, 0) is 19.1 Å². The highest BCUT2D eigenvalue weighted by molar-refractivity contribution is 5.75. The quantitative estimate of drug-likeness (QED) is 0.833. The minimum absolute atomic E-state index is 0.0199. The first-order valence-corrected chi connectivity index (χ1v) is 9.00. The van der Waals surface area contributed by atoms with E-state index in [-0.39, 0.29) is 24.0 Å². The van der Waals surface area contributed by atoms with E-state index in [0.29, 0.717) is 18.6 Å². The number of rotatable bonds is 4. The van der Waals surface area contributed by atoms with Crippen molar-refractivity contribution < 1.29 is 29.5 Å². The molecule has 0 amide bonds. The molecular weight excluding hydrogens is 322 g/mol. The molecule has 6 nitrogen and oxygen atoms in total. The number of hydrogen-bond donors (Lipinski definition) is 1. The van der Waals surface area contributed by atoms with Crippen molar-refractivity contribution in [1.29, 1.82) is 0 Å². The number of esters is 2. The maximum absolute atomic E-state index is 12.2. The second kappa shape index (κ2) is 7.87. The van der Waals surface area contributed by atoms with E-state index in [9.17, 15) is 9.59 Å². The van der Waals surface area contributed by atoms with Crippen molar-refractivity contribution in [2.24, 2.45) is 5.92 Å². The van der Waals surface area contributed by atoms with Gasteiger partial charge in [-0.15, -0.1) is 0 Å². The van der Waals surface area contributed by atoms with Gasteiger partial charge in [0.2, 0.25) is 0 Å². The summed E-state index contributed by atoms with van der Waals surface area (Å²) in [5.41, 5.74) is 3.87. The normalized spacial score (nSPS) is 30.4. The van der Waals surface area contributed by atoms with Crippen LogP contribution in [0.5, 0.6) is 5.75 Å². The summed E-state index contributed by atoms with van der Waals surface area (Å²) in [5, 5.41) is 0. The van der Waals surface area contributed by atoms with E-state index >= 15 is 0 Å². The summed E-state index contributed by atoms with van der Waals surface area (Å²) in [7, 11) is 0. The molecule has 0 spiro atoms. The van der Waals surface area contributed by atoms with Crippen LogP contribution >= 0.6 is 0 Å². The highest BCUT2D eigenvalue weighted by Crippen LogP contribution is 2.32. The highest BCUT2D eigenvalue weighted by Gasteiger charge is 2.40. The minimum atomic E-state index is -0.623. The monoisotopic (exact) mass is 348 g/mol. The second-order valence-corrected chi connectivity index (χ2v) is 6.91. The smallest absolute Gasteiger partial charge is 0.365 e. The van der Waals surface area contributed by atoms with Gasteiger partial charge in [-0.1, -0.05) is 18.2 Å². The molecule has 0 aromatic heterocycles. The lowest BCUT2D eigenvalue weighted by atomic mass is 10.0. The first-order chi connectivity index (χ1) is 12.0. The fraction of sp³-hybridized carbons (Fsp3) is 0.579. The molecule has 4 atom stereocenters. The predicted molar refractivity (Wildman–Crippen MR) is 89.5 cm³/mol. The predicted octanol–water partition coefficient (Wildman–Crippen LogP) is 1.48. The molecule has 25 heavy (non-hydrogen) atoms. The summed E-state index contributed by atoms with van der Waals surface area (Å²) in [6.45, 7) is 1.75. The summed E-state index contributed by atoms with van der Waals surface area (Å²) in [4.78, 5) is 24.3. The lowest BCUT2D eigenvalue weighted by Crippen LogP contribution is -2.65. The van der Waals surface area contributed by atoms with Crippen LogP contribution in [0.25, 0.3) is 0 Å². The molecule has 2 fully saturated rings. The van der Waals surface area contributed by atoms with Crippen molar-refractivity contribution in [3.8, 4) is 5.75 Å². The zero-order chi connectivity index (χ0) is 17.8. The standard InChI is InChI=1S/C19H25NO5/c1-12-17(25-18(21)13-10-11-13)16(24-14-6-3-2-4-7-14)9-5-8-15(20)19(22)23-12/h2-4,6-7,12-13,15-17H,5,8-11,20H2,1H3/p+1/t12-,15-,16-,17-/m0/s1. The number of para-hydroxylation sites is 1. The summed E-state index contributed by atoms with van der Waals surface area (Å²) in [6, 6.07) is 9.03. The molecule has 1 aliphatic carbocycles. The molecule has 1 aliphatic heterocycles. The lowest BCUT2D eigenvalue weighted by Gasteiger charge is -2.30. The van der Waals surface area contributed by atoms with E-state index in [4.69, 9.17) is 14.2 Å². The van der Waals surface area contributed by atoms with Crippen molar-refractivity contribution in [2.75, 3.05) is 0 Å². The van der Waals surface area contributed by atoms with Gasteiger partial charge in [-0.25, -0.2) is 4.79 Å². The molecule has 0 bridgehead atoms. The molecule has 0 unspecified atom stereocenters. The van der Waals surface area contributed by atoms with Crippen molar-refractivity contribution in [3.63, 3.8) is 0 Å². The van der Waals surface area contributed by atoms with Crippen LogP contribution in [-0.4, -0.2) is 36.3 Å². The summed E-state index contributed by atoms with van der Waals surface area (Å²) in [6.07, 6.45) is 2.22. The maximum atomic E-state index is 12.2. The molecule has 1 saturated heterocycles. The zero-order valence-corrected chi connectivity index (χ0v) is 14.6. The Morgan fingerprint density at radius 2 is 1.88 bits per heavy atom. The van der Waals surface area contributed by atoms with Crippen molar-refractivity contribution >= 4 is 11.9 Å². The Bertz CT molecular complexity index is 601. The molecule has 136 valence electrons. The molecule has 3 rings (SSSR count).